The summed E-state index contributed by atoms with van der Waals surface area (Å²) in [6.07, 6.45) is -2.64. The molecule has 0 spiro atoms. The highest BCUT2D eigenvalue weighted by molar-refractivity contribution is 5.86. The number of aliphatic hydroxyl groups excluding tert-OH is 3. The first-order valence-corrected chi connectivity index (χ1v) is 2.60. The molecule has 0 aliphatic heterocycles. The molecule has 0 saturated heterocycles. The van der Waals surface area contributed by atoms with Crippen LogP contribution in [-0.2, 0) is 4.79 Å². The number of carbonyl (C=O) groups excluding carboxylic acids is 1. The molecule has 2 atom stereocenters. The van der Waals surface area contributed by atoms with Crippen molar-refractivity contribution in [3.63, 3.8) is 0 Å². The number of rotatable bonds is 3. The molecular weight excluding hydrogens is 124 g/mol. The normalized spacial score (nSPS) is 16.9. The van der Waals surface area contributed by atoms with Crippen molar-refractivity contribution < 1.29 is 20.1 Å². The third kappa shape index (κ3) is 2.55. The van der Waals surface area contributed by atoms with Crippen molar-refractivity contribution in [3.8, 4) is 0 Å². The molecule has 0 bridgehead atoms. The van der Waals surface area contributed by atoms with E-state index in [1.165, 1.54) is 6.92 Å². The second kappa shape index (κ2) is 3.55. The van der Waals surface area contributed by atoms with E-state index in [-0.39, 0.29) is 0 Å². The summed E-state index contributed by atoms with van der Waals surface area (Å²) in [7, 11) is 0. The number of hydrogen-bond donors (Lipinski definition) is 3. The zero-order valence-corrected chi connectivity index (χ0v) is 5.11. The van der Waals surface area contributed by atoms with Gasteiger partial charge in [0.25, 0.3) is 0 Å². The molecular formula is C5H10O4. The van der Waals surface area contributed by atoms with E-state index in [2.05, 4.69) is 0 Å². The first-order valence-electron chi connectivity index (χ1n) is 2.60. The first kappa shape index (κ1) is 8.55. The molecule has 9 heavy (non-hydrogen) atoms. The number of Topliss-reactive ketones (excluding diaryl/α,β-unsaturated/α-hetero) is 1. The third-order valence-electron chi connectivity index (χ3n) is 0.913. The molecule has 0 aliphatic rings. The quantitative estimate of drug-likeness (QED) is 0.429. The third-order valence-corrected chi connectivity index (χ3v) is 0.913. The maximum atomic E-state index is 10.4. The predicted molar refractivity (Wildman–Crippen MR) is 29.8 cm³/mol. The van der Waals surface area contributed by atoms with Crippen LogP contribution in [0, 0.1) is 0 Å². The van der Waals surface area contributed by atoms with Gasteiger partial charge in [0.2, 0.25) is 0 Å². The molecule has 0 aromatic heterocycles. The fourth-order valence-electron chi connectivity index (χ4n) is 0.368. The Morgan fingerprint density at radius 3 is 2.11 bits per heavy atom. The fraction of sp³-hybridized carbons (Fsp3) is 0.800. The van der Waals surface area contributed by atoms with Crippen LogP contribution in [0.3, 0.4) is 0 Å². The zero-order valence-electron chi connectivity index (χ0n) is 5.11. The highest BCUT2D eigenvalue weighted by Crippen LogP contribution is 1.89. The van der Waals surface area contributed by atoms with Gasteiger partial charge in [-0.1, -0.05) is 0 Å². The molecule has 3 N–H and O–H groups in total. The topological polar surface area (TPSA) is 77.8 Å². The molecule has 0 saturated carbocycles. The highest BCUT2D eigenvalue weighted by Gasteiger charge is 2.17. The number of hydrogen-bond acceptors (Lipinski definition) is 4. The molecule has 0 rings (SSSR count). The lowest BCUT2D eigenvalue weighted by atomic mass is 10.2. The minimum atomic E-state index is -1.44. The summed E-state index contributed by atoms with van der Waals surface area (Å²) in [5, 5.41) is 25.2. The molecule has 0 aliphatic carbocycles. The molecule has 0 aromatic carbocycles. The van der Waals surface area contributed by atoms with Crippen LogP contribution in [0.1, 0.15) is 6.92 Å². The van der Waals surface area contributed by atoms with Crippen LogP contribution in [0.4, 0.5) is 0 Å². The van der Waals surface area contributed by atoms with Crippen molar-refractivity contribution >= 4 is 5.78 Å². The lowest BCUT2D eigenvalue weighted by molar-refractivity contribution is -0.136. The SMILES string of the molecule is C[C@@H](O)C(=O)[C@@H](O)CO. The Labute approximate surface area is 52.7 Å². The van der Waals surface area contributed by atoms with E-state index < -0.39 is 24.6 Å². The minimum Gasteiger partial charge on any atom is -0.393 e. The second-order valence-corrected chi connectivity index (χ2v) is 1.78. The molecule has 0 radical (unpaired) electrons. The van der Waals surface area contributed by atoms with E-state index in [4.69, 9.17) is 15.3 Å². The van der Waals surface area contributed by atoms with Gasteiger partial charge in [0.1, 0.15) is 12.2 Å². The summed E-state index contributed by atoms with van der Waals surface area (Å²) < 4.78 is 0. The average molecular weight is 134 g/mol. The number of aliphatic hydroxyl groups is 3. The van der Waals surface area contributed by atoms with Crippen LogP contribution in [0.2, 0.25) is 0 Å². The Kier molecular flexibility index (Phi) is 3.37. The zero-order chi connectivity index (χ0) is 7.44. The van der Waals surface area contributed by atoms with E-state index in [0.717, 1.165) is 0 Å². The highest BCUT2D eigenvalue weighted by atomic mass is 16.3. The molecule has 4 nitrogen and oxygen atoms in total. The van der Waals surface area contributed by atoms with Gasteiger partial charge in [0, 0.05) is 0 Å². The van der Waals surface area contributed by atoms with Crippen LogP contribution >= 0.6 is 0 Å². The van der Waals surface area contributed by atoms with Crippen molar-refractivity contribution in [2.75, 3.05) is 6.61 Å². The van der Waals surface area contributed by atoms with E-state index in [9.17, 15) is 4.79 Å². The Balaban J connectivity index is 3.73. The molecule has 0 unspecified atom stereocenters. The summed E-state index contributed by atoms with van der Waals surface area (Å²) in [6, 6.07) is 0. The number of ketones is 1. The van der Waals surface area contributed by atoms with Gasteiger partial charge in [-0.25, -0.2) is 0 Å². The van der Waals surface area contributed by atoms with E-state index in [0.29, 0.717) is 0 Å². The molecule has 4 heteroatoms. The predicted octanol–water partition coefficient (Wildman–Crippen LogP) is -1.71. The minimum absolute atomic E-state index is 0.635. The monoisotopic (exact) mass is 134 g/mol. The molecule has 0 heterocycles. The summed E-state index contributed by atoms with van der Waals surface area (Å²) in [5.41, 5.74) is 0. The standard InChI is InChI=1S/C5H10O4/c1-3(7)5(9)4(8)2-6/h3-4,6-8H,2H2,1H3/t3-,4+/m1/s1. The summed E-state index contributed by atoms with van der Waals surface area (Å²) in [4.78, 5) is 10.4. The molecule has 54 valence electrons. The average Bonchev–Trinajstić information content (AvgIpc) is 1.84. The van der Waals surface area contributed by atoms with Gasteiger partial charge in [-0.05, 0) is 6.92 Å². The van der Waals surface area contributed by atoms with Gasteiger partial charge < -0.3 is 15.3 Å². The van der Waals surface area contributed by atoms with E-state index >= 15 is 0 Å². The Morgan fingerprint density at radius 2 is 2.00 bits per heavy atom. The summed E-state index contributed by atoms with van der Waals surface area (Å²) in [6.45, 7) is 0.602. The van der Waals surface area contributed by atoms with Crippen molar-refractivity contribution in [2.45, 2.75) is 19.1 Å². The fourth-order valence-corrected chi connectivity index (χ4v) is 0.368. The molecule has 0 aromatic rings. The van der Waals surface area contributed by atoms with Crippen molar-refractivity contribution in [1.82, 2.24) is 0 Å². The molecule has 0 fully saturated rings. The van der Waals surface area contributed by atoms with Crippen LogP contribution in [-0.4, -0.2) is 39.9 Å². The Morgan fingerprint density at radius 1 is 1.56 bits per heavy atom. The van der Waals surface area contributed by atoms with Gasteiger partial charge in [-0.3, -0.25) is 4.79 Å². The van der Waals surface area contributed by atoms with Crippen molar-refractivity contribution in [1.29, 1.82) is 0 Å². The second-order valence-electron chi connectivity index (χ2n) is 1.78. The van der Waals surface area contributed by atoms with Crippen LogP contribution in [0.15, 0.2) is 0 Å². The summed E-state index contributed by atoms with van der Waals surface area (Å²) in [5.74, 6) is -0.752. The van der Waals surface area contributed by atoms with Crippen molar-refractivity contribution in [3.05, 3.63) is 0 Å². The van der Waals surface area contributed by atoms with Gasteiger partial charge in [0.15, 0.2) is 5.78 Å². The Hall–Kier alpha value is -0.450. The van der Waals surface area contributed by atoms with Gasteiger partial charge >= 0.3 is 0 Å². The van der Waals surface area contributed by atoms with Crippen molar-refractivity contribution in [2.24, 2.45) is 0 Å². The van der Waals surface area contributed by atoms with Gasteiger partial charge in [0.05, 0.1) is 6.61 Å². The number of carbonyl (C=O) groups is 1. The summed E-state index contributed by atoms with van der Waals surface area (Å²) >= 11 is 0. The van der Waals surface area contributed by atoms with Crippen LogP contribution in [0.5, 0.6) is 0 Å². The maximum Gasteiger partial charge on any atom is 0.191 e. The largest absolute Gasteiger partial charge is 0.393 e. The van der Waals surface area contributed by atoms with E-state index in [1.54, 1.807) is 0 Å². The van der Waals surface area contributed by atoms with Gasteiger partial charge in [-0.2, -0.15) is 0 Å². The lowest BCUT2D eigenvalue weighted by Gasteiger charge is -2.06. The van der Waals surface area contributed by atoms with E-state index in [1.807, 2.05) is 0 Å². The van der Waals surface area contributed by atoms with Gasteiger partial charge in [-0.15, -0.1) is 0 Å². The maximum absolute atomic E-state index is 10.4. The lowest BCUT2D eigenvalue weighted by Crippen LogP contribution is -2.32. The van der Waals surface area contributed by atoms with Crippen LogP contribution < -0.4 is 0 Å². The first-order chi connectivity index (χ1) is 4.09. The van der Waals surface area contributed by atoms with Crippen LogP contribution in [0.25, 0.3) is 0 Å². The Bertz CT molecular complexity index is 99.1. The smallest absolute Gasteiger partial charge is 0.191 e. The molecule has 0 amide bonds.